The van der Waals surface area contributed by atoms with Crippen LogP contribution >= 0.6 is 11.6 Å². The van der Waals surface area contributed by atoms with Gasteiger partial charge < -0.3 is 8.92 Å². The molecule has 27 heavy (non-hydrogen) atoms. The van der Waals surface area contributed by atoms with Gasteiger partial charge in [-0.15, -0.1) is 0 Å². The first kappa shape index (κ1) is 18.9. The van der Waals surface area contributed by atoms with E-state index in [1.54, 1.807) is 43.7 Å². The van der Waals surface area contributed by atoms with Crippen molar-refractivity contribution in [1.29, 1.82) is 0 Å². The van der Waals surface area contributed by atoms with E-state index in [2.05, 4.69) is 4.99 Å². The number of halogens is 1. The zero-order valence-electron chi connectivity index (χ0n) is 14.4. The summed E-state index contributed by atoms with van der Waals surface area (Å²) in [6, 6.07) is 19.9. The first-order valence-electron chi connectivity index (χ1n) is 7.95. The van der Waals surface area contributed by atoms with Crippen LogP contribution in [0.4, 0.5) is 5.69 Å². The molecule has 0 heterocycles. The number of hydrogen-bond acceptors (Lipinski definition) is 5. The molecule has 3 aromatic rings. The fourth-order valence-corrected chi connectivity index (χ4v) is 3.48. The Balaban J connectivity index is 1.76. The van der Waals surface area contributed by atoms with Gasteiger partial charge >= 0.3 is 10.1 Å². The van der Waals surface area contributed by atoms with E-state index in [1.165, 1.54) is 18.2 Å². The monoisotopic (exact) mass is 401 g/mol. The van der Waals surface area contributed by atoms with Crippen LogP contribution in [0.5, 0.6) is 11.5 Å². The molecular formula is C20H16ClNO4S. The number of aliphatic imine (C=N–C) groups is 1. The third-order valence-corrected chi connectivity index (χ3v) is 5.17. The molecule has 0 aromatic heterocycles. The highest BCUT2D eigenvalue weighted by molar-refractivity contribution is 7.87. The van der Waals surface area contributed by atoms with Crippen LogP contribution in [0.15, 0.2) is 82.7 Å². The Morgan fingerprint density at radius 1 is 0.963 bits per heavy atom. The molecule has 0 aliphatic carbocycles. The summed E-state index contributed by atoms with van der Waals surface area (Å²) in [6.07, 6.45) is 1.63. The summed E-state index contributed by atoms with van der Waals surface area (Å²) in [4.78, 5) is 4.41. The molecule has 0 N–H and O–H groups in total. The lowest BCUT2D eigenvalue weighted by molar-refractivity contribution is 0.415. The van der Waals surface area contributed by atoms with Gasteiger partial charge in [-0.2, -0.15) is 8.42 Å². The summed E-state index contributed by atoms with van der Waals surface area (Å²) >= 11 is 6.18. The lowest BCUT2D eigenvalue weighted by atomic mass is 10.2. The van der Waals surface area contributed by atoms with Crippen molar-refractivity contribution in [3.63, 3.8) is 0 Å². The average molecular weight is 402 g/mol. The van der Waals surface area contributed by atoms with Crippen molar-refractivity contribution in [1.82, 2.24) is 0 Å². The molecule has 0 saturated carbocycles. The molecule has 3 rings (SSSR count). The molecule has 0 radical (unpaired) electrons. The maximum Gasteiger partial charge on any atom is 0.339 e. The number of nitrogens with zero attached hydrogens (tertiary/aromatic N) is 1. The molecule has 0 atom stereocenters. The van der Waals surface area contributed by atoms with Crippen LogP contribution in [0.3, 0.4) is 0 Å². The van der Waals surface area contributed by atoms with Gasteiger partial charge in [-0.3, -0.25) is 4.99 Å². The minimum Gasteiger partial charge on any atom is -0.497 e. The molecule has 7 heteroatoms. The number of hydrogen-bond donors (Lipinski definition) is 0. The van der Waals surface area contributed by atoms with E-state index in [-0.39, 0.29) is 15.7 Å². The summed E-state index contributed by atoms with van der Waals surface area (Å²) in [5.41, 5.74) is 1.46. The van der Waals surface area contributed by atoms with Gasteiger partial charge in [0, 0.05) is 6.21 Å². The Morgan fingerprint density at radius 2 is 1.67 bits per heavy atom. The Hall–Kier alpha value is -2.83. The first-order valence-corrected chi connectivity index (χ1v) is 9.74. The van der Waals surface area contributed by atoms with Gasteiger partial charge in [0.2, 0.25) is 0 Å². The van der Waals surface area contributed by atoms with Gasteiger partial charge in [-0.1, -0.05) is 29.8 Å². The number of methoxy groups -OCH3 is 1. The van der Waals surface area contributed by atoms with Crippen LogP contribution in [0.25, 0.3) is 0 Å². The highest BCUT2D eigenvalue weighted by Crippen LogP contribution is 2.28. The molecule has 0 fully saturated rings. The fourth-order valence-electron chi connectivity index (χ4n) is 2.24. The molecule has 0 saturated heterocycles. The normalized spacial score (nSPS) is 11.5. The molecule has 5 nitrogen and oxygen atoms in total. The summed E-state index contributed by atoms with van der Waals surface area (Å²) in [5.74, 6) is 0.806. The van der Waals surface area contributed by atoms with Crippen LogP contribution < -0.4 is 8.92 Å². The maximum absolute atomic E-state index is 12.3. The Bertz CT molecular complexity index is 1050. The summed E-state index contributed by atoms with van der Waals surface area (Å²) in [5, 5.41) is 0.174. The predicted octanol–water partition coefficient (Wildman–Crippen LogP) is 4.87. The second-order valence-corrected chi connectivity index (χ2v) is 7.45. The zero-order chi connectivity index (χ0) is 19.3. The van der Waals surface area contributed by atoms with E-state index in [9.17, 15) is 8.42 Å². The van der Waals surface area contributed by atoms with Gasteiger partial charge in [0.25, 0.3) is 0 Å². The third-order valence-electron chi connectivity index (χ3n) is 3.62. The molecule has 0 bridgehead atoms. The molecule has 0 aliphatic heterocycles. The highest BCUT2D eigenvalue weighted by Gasteiger charge is 2.17. The second kappa shape index (κ2) is 8.24. The van der Waals surface area contributed by atoms with Gasteiger partial charge in [0.05, 0.1) is 17.8 Å². The number of rotatable bonds is 6. The minimum atomic E-state index is -3.94. The molecule has 0 aliphatic rings. The van der Waals surface area contributed by atoms with Crippen LogP contribution in [0, 0.1) is 0 Å². The fraction of sp³-hybridized carbons (Fsp3) is 0.0500. The van der Waals surface area contributed by atoms with E-state index in [0.717, 1.165) is 11.4 Å². The Kier molecular flexibility index (Phi) is 5.78. The third kappa shape index (κ3) is 4.87. The van der Waals surface area contributed by atoms with Crippen LogP contribution in [-0.2, 0) is 10.1 Å². The lowest BCUT2D eigenvalue weighted by Gasteiger charge is -2.08. The van der Waals surface area contributed by atoms with Crippen molar-refractivity contribution < 1.29 is 17.3 Å². The molecule has 0 spiro atoms. The minimum absolute atomic E-state index is 0.0575. The zero-order valence-corrected chi connectivity index (χ0v) is 15.9. The molecule has 0 unspecified atom stereocenters. The summed E-state index contributed by atoms with van der Waals surface area (Å²) in [7, 11) is -2.34. The quantitative estimate of drug-likeness (QED) is 0.436. The summed E-state index contributed by atoms with van der Waals surface area (Å²) < 4.78 is 34.8. The smallest absolute Gasteiger partial charge is 0.339 e. The molecular weight excluding hydrogens is 386 g/mol. The van der Waals surface area contributed by atoms with Crippen molar-refractivity contribution in [2.75, 3.05) is 7.11 Å². The maximum atomic E-state index is 12.3. The topological polar surface area (TPSA) is 65.0 Å². The SMILES string of the molecule is COc1ccc(N=Cc2ccc(OS(=O)(=O)c3ccccc3)c(Cl)c2)cc1. The van der Waals surface area contributed by atoms with Gasteiger partial charge in [0.1, 0.15) is 10.6 Å². The highest BCUT2D eigenvalue weighted by atomic mass is 35.5. The van der Waals surface area contributed by atoms with Crippen molar-refractivity contribution in [2.24, 2.45) is 4.99 Å². The summed E-state index contributed by atoms with van der Waals surface area (Å²) in [6.45, 7) is 0. The van der Waals surface area contributed by atoms with Crippen molar-refractivity contribution in [2.45, 2.75) is 4.90 Å². The van der Waals surface area contributed by atoms with E-state index in [1.807, 2.05) is 24.3 Å². The average Bonchev–Trinajstić information content (AvgIpc) is 2.69. The van der Waals surface area contributed by atoms with E-state index < -0.39 is 10.1 Å². The standard InChI is InChI=1S/C20H16ClNO4S/c1-25-17-10-8-16(9-11-17)22-14-15-7-12-20(19(21)13-15)26-27(23,24)18-5-3-2-4-6-18/h2-14H,1H3. The number of ether oxygens (including phenoxy) is 1. The van der Waals surface area contributed by atoms with Gasteiger partial charge in [0.15, 0.2) is 5.75 Å². The van der Waals surface area contributed by atoms with Crippen molar-refractivity contribution in [3.05, 3.63) is 83.4 Å². The van der Waals surface area contributed by atoms with E-state index in [4.69, 9.17) is 20.5 Å². The molecule has 138 valence electrons. The van der Waals surface area contributed by atoms with Crippen LogP contribution in [0.2, 0.25) is 5.02 Å². The molecule has 3 aromatic carbocycles. The van der Waals surface area contributed by atoms with Crippen molar-refractivity contribution in [3.8, 4) is 11.5 Å². The van der Waals surface area contributed by atoms with Gasteiger partial charge in [-0.05, 0) is 60.2 Å². The Morgan fingerprint density at radius 3 is 2.30 bits per heavy atom. The number of benzene rings is 3. The Labute approximate surface area is 163 Å². The molecule has 0 amide bonds. The second-order valence-electron chi connectivity index (χ2n) is 5.50. The predicted molar refractivity (Wildman–Crippen MR) is 106 cm³/mol. The largest absolute Gasteiger partial charge is 0.497 e. The van der Waals surface area contributed by atoms with Crippen molar-refractivity contribution >= 4 is 33.6 Å². The van der Waals surface area contributed by atoms with Crippen LogP contribution in [-0.4, -0.2) is 21.7 Å². The van der Waals surface area contributed by atoms with Crippen LogP contribution in [0.1, 0.15) is 5.56 Å². The van der Waals surface area contributed by atoms with E-state index >= 15 is 0 Å². The van der Waals surface area contributed by atoms with Gasteiger partial charge in [-0.25, -0.2) is 0 Å². The first-order chi connectivity index (χ1) is 13.0. The van der Waals surface area contributed by atoms with E-state index in [0.29, 0.717) is 5.56 Å². The lowest BCUT2D eigenvalue weighted by Crippen LogP contribution is -2.09.